The summed E-state index contributed by atoms with van der Waals surface area (Å²) >= 11 is 0. The van der Waals surface area contributed by atoms with E-state index >= 15 is 0 Å². The standard InChI is InChI=1S/C18H31NO2/c1-15(2)14-21-11-9-17(13-19-10-12-20-4)18-8-6-5-7-16(18)3/h5-8,15,17,19H,9-14H2,1-4H3. The van der Waals surface area contributed by atoms with Crippen molar-refractivity contribution < 1.29 is 9.47 Å². The van der Waals surface area contributed by atoms with E-state index in [1.807, 2.05) is 0 Å². The van der Waals surface area contributed by atoms with Gasteiger partial charge in [0, 0.05) is 33.4 Å². The molecule has 0 saturated heterocycles. The first-order valence-corrected chi connectivity index (χ1v) is 7.98. The van der Waals surface area contributed by atoms with Crippen molar-refractivity contribution in [1.82, 2.24) is 5.32 Å². The average molecular weight is 293 g/mol. The third kappa shape index (κ3) is 7.60. The number of hydrogen-bond donors (Lipinski definition) is 1. The number of hydrogen-bond acceptors (Lipinski definition) is 3. The van der Waals surface area contributed by atoms with Crippen molar-refractivity contribution in [2.24, 2.45) is 5.92 Å². The lowest BCUT2D eigenvalue weighted by Gasteiger charge is -2.20. The molecule has 1 rings (SSSR count). The minimum Gasteiger partial charge on any atom is -0.383 e. The summed E-state index contributed by atoms with van der Waals surface area (Å²) in [7, 11) is 1.74. The molecule has 1 aromatic rings. The van der Waals surface area contributed by atoms with Crippen molar-refractivity contribution in [2.45, 2.75) is 33.1 Å². The molecule has 0 fully saturated rings. The van der Waals surface area contributed by atoms with Gasteiger partial charge in [0.05, 0.1) is 6.61 Å². The SMILES string of the molecule is COCCNCC(CCOCC(C)C)c1ccccc1C. The van der Waals surface area contributed by atoms with Crippen molar-refractivity contribution in [3.8, 4) is 0 Å². The molecule has 3 heteroatoms. The lowest BCUT2D eigenvalue weighted by atomic mass is 9.92. The largest absolute Gasteiger partial charge is 0.383 e. The van der Waals surface area contributed by atoms with Crippen LogP contribution in [0, 0.1) is 12.8 Å². The molecule has 3 nitrogen and oxygen atoms in total. The number of benzene rings is 1. The molecule has 0 aliphatic rings. The highest BCUT2D eigenvalue weighted by Crippen LogP contribution is 2.22. The van der Waals surface area contributed by atoms with Crippen molar-refractivity contribution >= 4 is 0 Å². The van der Waals surface area contributed by atoms with Gasteiger partial charge in [0.2, 0.25) is 0 Å². The van der Waals surface area contributed by atoms with E-state index in [-0.39, 0.29) is 0 Å². The summed E-state index contributed by atoms with van der Waals surface area (Å²) < 4.78 is 10.9. The lowest BCUT2D eigenvalue weighted by Crippen LogP contribution is -2.26. The van der Waals surface area contributed by atoms with Crippen LogP contribution in [0.5, 0.6) is 0 Å². The van der Waals surface area contributed by atoms with Crippen LogP contribution in [0.3, 0.4) is 0 Å². The van der Waals surface area contributed by atoms with Crippen LogP contribution >= 0.6 is 0 Å². The summed E-state index contributed by atoms with van der Waals surface area (Å²) in [6, 6.07) is 8.65. The Morgan fingerprint density at radius 1 is 1.14 bits per heavy atom. The molecule has 0 radical (unpaired) electrons. The molecule has 120 valence electrons. The van der Waals surface area contributed by atoms with Crippen LogP contribution in [0.1, 0.15) is 37.3 Å². The van der Waals surface area contributed by atoms with Gasteiger partial charge in [0.15, 0.2) is 0 Å². The first-order valence-electron chi connectivity index (χ1n) is 7.98. The highest BCUT2D eigenvalue weighted by molar-refractivity contribution is 5.29. The van der Waals surface area contributed by atoms with Crippen molar-refractivity contribution in [3.05, 3.63) is 35.4 Å². The zero-order valence-corrected chi connectivity index (χ0v) is 14.0. The van der Waals surface area contributed by atoms with Crippen LogP contribution in [-0.2, 0) is 9.47 Å². The van der Waals surface area contributed by atoms with E-state index in [2.05, 4.69) is 50.4 Å². The average Bonchev–Trinajstić information content (AvgIpc) is 2.46. The Labute approximate surface area is 130 Å². The lowest BCUT2D eigenvalue weighted by molar-refractivity contribution is 0.103. The Hall–Kier alpha value is -0.900. The molecule has 1 atom stereocenters. The first-order chi connectivity index (χ1) is 10.1. The minimum atomic E-state index is 0.496. The van der Waals surface area contributed by atoms with Crippen LogP contribution in [0.15, 0.2) is 24.3 Å². The number of ether oxygens (including phenoxy) is 2. The molecule has 0 aliphatic carbocycles. The third-order valence-corrected chi connectivity index (χ3v) is 3.56. The van der Waals surface area contributed by atoms with E-state index in [9.17, 15) is 0 Å². The summed E-state index contributed by atoms with van der Waals surface area (Å²) in [5.74, 6) is 1.09. The highest BCUT2D eigenvalue weighted by Gasteiger charge is 2.13. The highest BCUT2D eigenvalue weighted by atomic mass is 16.5. The van der Waals surface area contributed by atoms with Crippen LogP contribution in [0.25, 0.3) is 0 Å². The predicted molar refractivity (Wildman–Crippen MR) is 88.9 cm³/mol. The number of aryl methyl sites for hydroxylation is 1. The normalized spacial score (nSPS) is 12.8. The Morgan fingerprint density at radius 3 is 2.57 bits per heavy atom. The zero-order chi connectivity index (χ0) is 15.5. The van der Waals surface area contributed by atoms with Crippen LogP contribution in [0.4, 0.5) is 0 Å². The second kappa shape index (κ2) is 10.8. The first kappa shape index (κ1) is 18.1. The van der Waals surface area contributed by atoms with Gasteiger partial charge >= 0.3 is 0 Å². The molecule has 0 aliphatic heterocycles. The van der Waals surface area contributed by atoms with Crippen LogP contribution in [-0.4, -0.2) is 40.0 Å². The predicted octanol–water partition coefficient (Wildman–Crippen LogP) is 3.38. The van der Waals surface area contributed by atoms with Gasteiger partial charge in [-0.25, -0.2) is 0 Å². The Morgan fingerprint density at radius 2 is 1.90 bits per heavy atom. The molecule has 0 bridgehead atoms. The second-order valence-corrected chi connectivity index (χ2v) is 6.01. The molecule has 0 spiro atoms. The fourth-order valence-corrected chi connectivity index (χ4v) is 2.41. The summed E-state index contributed by atoms with van der Waals surface area (Å²) in [5.41, 5.74) is 2.79. The van der Waals surface area contributed by atoms with Gasteiger partial charge in [-0.15, -0.1) is 0 Å². The molecular formula is C18H31NO2. The van der Waals surface area contributed by atoms with Crippen molar-refractivity contribution in [3.63, 3.8) is 0 Å². The summed E-state index contributed by atoms with van der Waals surface area (Å²) in [6.07, 6.45) is 1.05. The molecule has 0 heterocycles. The molecule has 1 aromatic carbocycles. The van der Waals surface area contributed by atoms with E-state index in [1.165, 1.54) is 11.1 Å². The van der Waals surface area contributed by atoms with Gasteiger partial charge < -0.3 is 14.8 Å². The van der Waals surface area contributed by atoms with Gasteiger partial charge in [0.25, 0.3) is 0 Å². The van der Waals surface area contributed by atoms with Crippen molar-refractivity contribution in [2.75, 3.05) is 40.0 Å². The van der Waals surface area contributed by atoms with Crippen LogP contribution in [0.2, 0.25) is 0 Å². The van der Waals surface area contributed by atoms with Gasteiger partial charge in [-0.05, 0) is 36.3 Å². The number of methoxy groups -OCH3 is 1. The smallest absolute Gasteiger partial charge is 0.0587 e. The van der Waals surface area contributed by atoms with Gasteiger partial charge in [-0.2, -0.15) is 0 Å². The van der Waals surface area contributed by atoms with E-state index in [1.54, 1.807) is 7.11 Å². The Kier molecular flexibility index (Phi) is 9.31. The maximum atomic E-state index is 5.76. The monoisotopic (exact) mass is 293 g/mol. The van der Waals surface area contributed by atoms with Crippen molar-refractivity contribution in [1.29, 1.82) is 0 Å². The molecule has 0 amide bonds. The number of nitrogens with one attached hydrogen (secondary N) is 1. The topological polar surface area (TPSA) is 30.5 Å². The summed E-state index contributed by atoms with van der Waals surface area (Å²) in [5, 5.41) is 3.48. The Bertz CT molecular complexity index is 379. The molecular weight excluding hydrogens is 262 g/mol. The summed E-state index contributed by atoms with van der Waals surface area (Å²) in [6.45, 7) is 10.8. The summed E-state index contributed by atoms with van der Waals surface area (Å²) in [4.78, 5) is 0. The van der Waals surface area contributed by atoms with Gasteiger partial charge in [0.1, 0.15) is 0 Å². The zero-order valence-electron chi connectivity index (χ0n) is 14.0. The second-order valence-electron chi connectivity index (χ2n) is 6.01. The van der Waals surface area contributed by atoms with E-state index < -0.39 is 0 Å². The Balaban J connectivity index is 2.51. The number of rotatable bonds is 11. The third-order valence-electron chi connectivity index (χ3n) is 3.56. The maximum absolute atomic E-state index is 5.76. The fourth-order valence-electron chi connectivity index (χ4n) is 2.41. The van der Waals surface area contributed by atoms with E-state index in [4.69, 9.17) is 9.47 Å². The fraction of sp³-hybridized carbons (Fsp3) is 0.667. The van der Waals surface area contributed by atoms with Gasteiger partial charge in [-0.3, -0.25) is 0 Å². The molecule has 0 aromatic heterocycles. The molecule has 1 unspecified atom stereocenters. The molecule has 21 heavy (non-hydrogen) atoms. The molecule has 0 saturated carbocycles. The van der Waals surface area contributed by atoms with E-state index in [0.29, 0.717) is 11.8 Å². The molecule has 1 N–H and O–H groups in total. The van der Waals surface area contributed by atoms with Crippen LogP contribution < -0.4 is 5.32 Å². The minimum absolute atomic E-state index is 0.496. The maximum Gasteiger partial charge on any atom is 0.0587 e. The quantitative estimate of drug-likeness (QED) is 0.635. The van der Waals surface area contributed by atoms with Gasteiger partial charge in [-0.1, -0.05) is 38.1 Å². The van der Waals surface area contributed by atoms with E-state index in [0.717, 1.165) is 39.3 Å².